The number of aromatic nitrogens is 1. The standard InChI is InChI=1S/C23H24FN3O2/c1-16-4-3-13-27(14-16)21-12-7-17-5-2-6-20(23(17)26-21)29-15-22(28)25-19-10-8-18(24)9-11-19/h2,5-12,16H,3-4,13-15H2,1H3,(H,25,28)/t16-/m0/s1. The molecule has 1 aromatic heterocycles. The number of hydrogen-bond acceptors (Lipinski definition) is 4. The van der Waals surface area contributed by atoms with Crippen molar-refractivity contribution in [2.24, 2.45) is 5.92 Å². The Morgan fingerprint density at radius 2 is 2.03 bits per heavy atom. The molecule has 0 aliphatic carbocycles. The first-order valence-electron chi connectivity index (χ1n) is 9.91. The largest absolute Gasteiger partial charge is 0.481 e. The summed E-state index contributed by atoms with van der Waals surface area (Å²) >= 11 is 0. The van der Waals surface area contributed by atoms with Crippen molar-refractivity contribution in [1.82, 2.24) is 4.98 Å². The molecule has 4 rings (SSSR count). The molecule has 150 valence electrons. The zero-order valence-corrected chi connectivity index (χ0v) is 16.4. The molecular weight excluding hydrogens is 369 g/mol. The Morgan fingerprint density at radius 1 is 1.21 bits per heavy atom. The average molecular weight is 393 g/mol. The van der Waals surface area contributed by atoms with Crippen LogP contribution in [-0.2, 0) is 4.79 Å². The van der Waals surface area contributed by atoms with E-state index in [4.69, 9.17) is 9.72 Å². The molecule has 0 unspecified atom stereocenters. The van der Waals surface area contributed by atoms with Gasteiger partial charge in [0.25, 0.3) is 5.91 Å². The molecule has 1 amide bonds. The summed E-state index contributed by atoms with van der Waals surface area (Å²) in [6.45, 7) is 4.12. The summed E-state index contributed by atoms with van der Waals surface area (Å²) in [5.74, 6) is 1.51. The van der Waals surface area contributed by atoms with Crippen molar-refractivity contribution >= 4 is 28.3 Å². The third-order valence-electron chi connectivity index (χ3n) is 5.14. The van der Waals surface area contributed by atoms with Crippen molar-refractivity contribution < 1.29 is 13.9 Å². The van der Waals surface area contributed by atoms with E-state index in [1.165, 1.54) is 37.1 Å². The number of halogens is 1. The minimum atomic E-state index is -0.347. The number of rotatable bonds is 5. The Kier molecular flexibility index (Phi) is 5.60. The van der Waals surface area contributed by atoms with Crippen LogP contribution in [0, 0.1) is 11.7 Å². The minimum absolute atomic E-state index is 0.150. The second-order valence-electron chi connectivity index (χ2n) is 7.53. The summed E-state index contributed by atoms with van der Waals surface area (Å²) in [4.78, 5) is 19.3. The predicted molar refractivity (Wildman–Crippen MR) is 113 cm³/mol. The summed E-state index contributed by atoms with van der Waals surface area (Å²) in [6, 6.07) is 15.4. The summed E-state index contributed by atoms with van der Waals surface area (Å²) < 4.78 is 18.8. The van der Waals surface area contributed by atoms with Crippen LogP contribution in [0.4, 0.5) is 15.9 Å². The molecule has 1 atom stereocenters. The SMILES string of the molecule is C[C@H]1CCCN(c2ccc3cccc(OCC(=O)Nc4ccc(F)cc4)c3n2)C1. The van der Waals surface area contributed by atoms with Crippen molar-refractivity contribution in [2.45, 2.75) is 19.8 Å². The number of para-hydroxylation sites is 1. The van der Waals surface area contributed by atoms with Gasteiger partial charge in [-0.2, -0.15) is 0 Å². The van der Waals surface area contributed by atoms with Gasteiger partial charge in [-0.15, -0.1) is 0 Å². The highest BCUT2D eigenvalue weighted by molar-refractivity contribution is 5.92. The van der Waals surface area contributed by atoms with Crippen molar-refractivity contribution in [3.63, 3.8) is 0 Å². The summed E-state index contributed by atoms with van der Waals surface area (Å²) in [5, 5.41) is 3.66. The van der Waals surface area contributed by atoms with E-state index in [0.29, 0.717) is 17.4 Å². The number of pyridine rings is 1. The number of carbonyl (C=O) groups excluding carboxylic acids is 1. The van der Waals surface area contributed by atoms with Crippen LogP contribution in [0.2, 0.25) is 0 Å². The zero-order valence-electron chi connectivity index (χ0n) is 16.4. The van der Waals surface area contributed by atoms with Gasteiger partial charge in [0.1, 0.15) is 22.9 Å². The molecule has 0 spiro atoms. The Hall–Kier alpha value is -3.15. The molecule has 5 nitrogen and oxygen atoms in total. The van der Waals surface area contributed by atoms with Gasteiger partial charge in [-0.1, -0.05) is 19.1 Å². The molecule has 1 aliphatic heterocycles. The number of nitrogens with zero attached hydrogens (tertiary/aromatic N) is 2. The highest BCUT2D eigenvalue weighted by atomic mass is 19.1. The smallest absolute Gasteiger partial charge is 0.262 e. The van der Waals surface area contributed by atoms with Crippen LogP contribution in [0.15, 0.2) is 54.6 Å². The number of anilines is 2. The molecule has 1 saturated heterocycles. The van der Waals surface area contributed by atoms with E-state index in [9.17, 15) is 9.18 Å². The van der Waals surface area contributed by atoms with Gasteiger partial charge < -0.3 is 15.0 Å². The Balaban J connectivity index is 1.48. The number of ether oxygens (including phenoxy) is 1. The molecule has 29 heavy (non-hydrogen) atoms. The molecule has 0 radical (unpaired) electrons. The van der Waals surface area contributed by atoms with E-state index >= 15 is 0 Å². The first-order valence-corrected chi connectivity index (χ1v) is 9.91. The van der Waals surface area contributed by atoms with E-state index in [2.05, 4.69) is 17.1 Å². The normalized spacial score (nSPS) is 16.6. The average Bonchev–Trinajstić information content (AvgIpc) is 2.73. The molecule has 6 heteroatoms. The van der Waals surface area contributed by atoms with Gasteiger partial charge in [0.15, 0.2) is 6.61 Å². The fourth-order valence-electron chi connectivity index (χ4n) is 3.67. The maximum Gasteiger partial charge on any atom is 0.262 e. The zero-order chi connectivity index (χ0) is 20.2. The lowest BCUT2D eigenvalue weighted by Gasteiger charge is -2.32. The van der Waals surface area contributed by atoms with E-state index in [1.54, 1.807) is 0 Å². The second kappa shape index (κ2) is 8.47. The molecular formula is C23H24FN3O2. The van der Waals surface area contributed by atoms with Crippen molar-refractivity contribution in [1.29, 1.82) is 0 Å². The van der Waals surface area contributed by atoms with Gasteiger partial charge in [-0.3, -0.25) is 4.79 Å². The first-order chi connectivity index (χ1) is 14.1. The van der Waals surface area contributed by atoms with Crippen LogP contribution in [0.3, 0.4) is 0 Å². The lowest BCUT2D eigenvalue weighted by molar-refractivity contribution is -0.118. The fraction of sp³-hybridized carbons (Fsp3) is 0.304. The van der Waals surface area contributed by atoms with Crippen LogP contribution >= 0.6 is 0 Å². The predicted octanol–water partition coefficient (Wildman–Crippen LogP) is 4.63. The number of nitrogens with one attached hydrogen (secondary N) is 1. The van der Waals surface area contributed by atoms with E-state index in [0.717, 1.165) is 29.8 Å². The third kappa shape index (κ3) is 4.65. The van der Waals surface area contributed by atoms with Crippen LogP contribution in [-0.4, -0.2) is 30.6 Å². The van der Waals surface area contributed by atoms with E-state index in [-0.39, 0.29) is 18.3 Å². The number of piperidine rings is 1. The van der Waals surface area contributed by atoms with E-state index < -0.39 is 0 Å². The molecule has 2 aromatic carbocycles. The number of hydrogen-bond donors (Lipinski definition) is 1. The number of benzene rings is 2. The van der Waals surface area contributed by atoms with Crippen LogP contribution in [0.1, 0.15) is 19.8 Å². The highest BCUT2D eigenvalue weighted by Gasteiger charge is 2.18. The van der Waals surface area contributed by atoms with Crippen LogP contribution in [0.25, 0.3) is 10.9 Å². The molecule has 1 fully saturated rings. The Labute approximate surface area is 169 Å². The Morgan fingerprint density at radius 3 is 2.83 bits per heavy atom. The molecule has 1 N–H and O–H groups in total. The van der Waals surface area contributed by atoms with Gasteiger partial charge in [0.05, 0.1) is 0 Å². The minimum Gasteiger partial charge on any atom is -0.481 e. The fourth-order valence-corrected chi connectivity index (χ4v) is 3.67. The van der Waals surface area contributed by atoms with Crippen LogP contribution in [0.5, 0.6) is 5.75 Å². The second-order valence-corrected chi connectivity index (χ2v) is 7.53. The monoisotopic (exact) mass is 393 g/mol. The van der Waals surface area contributed by atoms with Crippen molar-refractivity contribution in [2.75, 3.05) is 29.9 Å². The molecule has 2 heterocycles. The quantitative estimate of drug-likeness (QED) is 0.687. The summed E-state index contributed by atoms with van der Waals surface area (Å²) in [6.07, 6.45) is 2.42. The summed E-state index contributed by atoms with van der Waals surface area (Å²) in [7, 11) is 0. The molecule has 0 saturated carbocycles. The van der Waals surface area contributed by atoms with Crippen molar-refractivity contribution in [3.8, 4) is 5.75 Å². The van der Waals surface area contributed by atoms with Gasteiger partial charge in [0, 0.05) is 24.2 Å². The molecule has 0 bridgehead atoms. The maximum absolute atomic E-state index is 13.0. The third-order valence-corrected chi connectivity index (χ3v) is 5.14. The number of fused-ring (bicyclic) bond motifs is 1. The van der Waals surface area contributed by atoms with Crippen LogP contribution < -0.4 is 15.0 Å². The first kappa shape index (κ1) is 19.2. The summed E-state index contributed by atoms with van der Waals surface area (Å²) in [5.41, 5.74) is 1.27. The lowest BCUT2D eigenvalue weighted by Crippen LogP contribution is -2.34. The topological polar surface area (TPSA) is 54.5 Å². The van der Waals surface area contributed by atoms with E-state index in [1.807, 2.05) is 30.3 Å². The Bertz CT molecular complexity index is 1010. The number of amides is 1. The molecule has 3 aromatic rings. The van der Waals surface area contributed by atoms with Crippen molar-refractivity contribution in [3.05, 3.63) is 60.4 Å². The van der Waals surface area contributed by atoms with Gasteiger partial charge >= 0.3 is 0 Å². The van der Waals surface area contributed by atoms with Gasteiger partial charge in [-0.25, -0.2) is 9.37 Å². The van der Waals surface area contributed by atoms with Gasteiger partial charge in [0.2, 0.25) is 0 Å². The molecule has 1 aliphatic rings. The lowest BCUT2D eigenvalue weighted by atomic mass is 10.0. The highest BCUT2D eigenvalue weighted by Crippen LogP contribution is 2.28. The number of carbonyl (C=O) groups is 1. The van der Waals surface area contributed by atoms with Gasteiger partial charge in [-0.05, 0) is 61.2 Å². The maximum atomic E-state index is 13.0.